The first-order valence-corrected chi connectivity index (χ1v) is 5.80. The van der Waals surface area contributed by atoms with Crippen LogP contribution < -0.4 is 10.2 Å². The highest BCUT2D eigenvalue weighted by Gasteiger charge is 2.23. The summed E-state index contributed by atoms with van der Waals surface area (Å²) in [5.41, 5.74) is 2.15. The molecule has 2 heterocycles. The molecule has 1 amide bonds. The van der Waals surface area contributed by atoms with Crippen molar-refractivity contribution in [3.63, 3.8) is 0 Å². The molecule has 1 N–H and O–H groups in total. The first-order chi connectivity index (χ1) is 9.28. The van der Waals surface area contributed by atoms with Crippen LogP contribution in [0.15, 0.2) is 42.6 Å². The summed E-state index contributed by atoms with van der Waals surface area (Å²) in [5, 5.41) is 11.7. The minimum absolute atomic E-state index is 0.0946. The Hall–Kier alpha value is -2.87. The fourth-order valence-corrected chi connectivity index (χ4v) is 2.07. The highest BCUT2D eigenvalue weighted by molar-refractivity contribution is 6.02. The van der Waals surface area contributed by atoms with Crippen molar-refractivity contribution in [3.05, 3.63) is 48.2 Å². The van der Waals surface area contributed by atoms with Gasteiger partial charge in [-0.15, -0.1) is 0 Å². The summed E-state index contributed by atoms with van der Waals surface area (Å²) >= 11 is 0. The summed E-state index contributed by atoms with van der Waals surface area (Å²) in [6, 6.07) is 12.9. The van der Waals surface area contributed by atoms with Crippen molar-refractivity contribution < 1.29 is 4.79 Å². The molecule has 0 aliphatic carbocycles. The van der Waals surface area contributed by atoms with Gasteiger partial charge in [0, 0.05) is 6.20 Å². The molecule has 92 valence electrons. The maximum absolute atomic E-state index is 11.7. The zero-order valence-corrected chi connectivity index (χ0v) is 10.00. The lowest BCUT2D eigenvalue weighted by Crippen LogP contribution is -2.35. The average molecular weight is 250 g/mol. The molecule has 19 heavy (non-hydrogen) atoms. The van der Waals surface area contributed by atoms with Crippen molar-refractivity contribution in [2.45, 2.75) is 0 Å². The van der Waals surface area contributed by atoms with Gasteiger partial charge in [-0.2, -0.15) is 5.26 Å². The molecule has 3 rings (SSSR count). The number of hydrogen-bond donors (Lipinski definition) is 1. The summed E-state index contributed by atoms with van der Waals surface area (Å²) in [6.07, 6.45) is 1.57. The van der Waals surface area contributed by atoms with Crippen molar-refractivity contribution in [1.82, 2.24) is 4.98 Å². The lowest BCUT2D eigenvalue weighted by atomic mass is 10.2. The number of fused-ring (bicyclic) bond motifs is 1. The second kappa shape index (κ2) is 4.42. The van der Waals surface area contributed by atoms with Gasteiger partial charge in [-0.25, -0.2) is 4.98 Å². The van der Waals surface area contributed by atoms with Crippen molar-refractivity contribution >= 4 is 23.1 Å². The number of hydrogen-bond acceptors (Lipinski definition) is 4. The van der Waals surface area contributed by atoms with Crippen LogP contribution in [-0.2, 0) is 4.79 Å². The molecule has 0 spiro atoms. The van der Waals surface area contributed by atoms with Crippen LogP contribution in [0.25, 0.3) is 0 Å². The molecule has 2 aromatic rings. The highest BCUT2D eigenvalue weighted by Crippen LogP contribution is 2.33. The zero-order chi connectivity index (χ0) is 13.2. The number of amides is 1. The van der Waals surface area contributed by atoms with E-state index in [9.17, 15) is 4.79 Å². The Morgan fingerprint density at radius 2 is 2.16 bits per heavy atom. The van der Waals surface area contributed by atoms with Crippen LogP contribution in [0.5, 0.6) is 0 Å². The van der Waals surface area contributed by atoms with E-state index in [1.165, 1.54) is 0 Å². The van der Waals surface area contributed by atoms with Gasteiger partial charge in [0.25, 0.3) is 0 Å². The van der Waals surface area contributed by atoms with Crippen molar-refractivity contribution in [3.8, 4) is 6.07 Å². The van der Waals surface area contributed by atoms with Crippen LogP contribution in [0, 0.1) is 11.3 Å². The summed E-state index contributed by atoms with van der Waals surface area (Å²) in [4.78, 5) is 17.8. The number of nitriles is 1. The fourth-order valence-electron chi connectivity index (χ4n) is 2.07. The fraction of sp³-hybridized carbons (Fsp3) is 0.0714. The van der Waals surface area contributed by atoms with E-state index in [2.05, 4.69) is 16.4 Å². The quantitative estimate of drug-likeness (QED) is 0.840. The number of carbonyl (C=O) groups is 1. The number of anilines is 3. The van der Waals surface area contributed by atoms with E-state index in [1.54, 1.807) is 23.2 Å². The van der Waals surface area contributed by atoms with E-state index in [0.717, 1.165) is 11.4 Å². The lowest BCUT2D eigenvalue weighted by Gasteiger charge is -2.29. The van der Waals surface area contributed by atoms with Gasteiger partial charge in [-0.05, 0) is 24.3 Å². The van der Waals surface area contributed by atoms with Gasteiger partial charge in [0.05, 0.1) is 23.0 Å². The van der Waals surface area contributed by atoms with Crippen LogP contribution in [0.3, 0.4) is 0 Å². The predicted octanol–water partition coefficient (Wildman–Crippen LogP) is 2.04. The van der Waals surface area contributed by atoms with Crippen LogP contribution in [0.1, 0.15) is 5.56 Å². The molecule has 0 radical (unpaired) electrons. The molecule has 5 nitrogen and oxygen atoms in total. The molecule has 0 saturated heterocycles. The van der Waals surface area contributed by atoms with Crippen molar-refractivity contribution in [2.75, 3.05) is 16.8 Å². The molecule has 0 atom stereocenters. The maximum Gasteiger partial charge on any atom is 0.244 e. The summed E-state index contributed by atoms with van der Waals surface area (Å²) in [6.45, 7) is 0.193. The highest BCUT2D eigenvalue weighted by atomic mass is 16.2. The topological polar surface area (TPSA) is 69.0 Å². The van der Waals surface area contributed by atoms with E-state index in [-0.39, 0.29) is 12.5 Å². The Balaban J connectivity index is 2.10. The number of para-hydroxylation sites is 2. The SMILES string of the molecule is N#Cc1ccnc(N2CC(=O)Nc3ccccc32)c1. The van der Waals surface area contributed by atoms with Crippen molar-refractivity contribution in [1.29, 1.82) is 5.26 Å². The molecule has 0 bridgehead atoms. The van der Waals surface area contributed by atoms with Gasteiger partial charge < -0.3 is 10.2 Å². The number of benzene rings is 1. The Morgan fingerprint density at radius 1 is 1.32 bits per heavy atom. The monoisotopic (exact) mass is 250 g/mol. The third-order valence-electron chi connectivity index (χ3n) is 2.92. The van der Waals surface area contributed by atoms with Gasteiger partial charge in [-0.3, -0.25) is 4.79 Å². The van der Waals surface area contributed by atoms with E-state index >= 15 is 0 Å². The smallest absolute Gasteiger partial charge is 0.244 e. The third-order valence-corrected chi connectivity index (χ3v) is 2.92. The van der Waals surface area contributed by atoms with E-state index in [0.29, 0.717) is 11.4 Å². The molecule has 0 unspecified atom stereocenters. The van der Waals surface area contributed by atoms with E-state index in [4.69, 9.17) is 5.26 Å². The minimum Gasteiger partial charge on any atom is -0.323 e. The summed E-state index contributed by atoms with van der Waals surface area (Å²) < 4.78 is 0. The van der Waals surface area contributed by atoms with Gasteiger partial charge in [0.1, 0.15) is 12.4 Å². The Labute approximate surface area is 110 Å². The molecule has 0 fully saturated rings. The second-order valence-electron chi connectivity index (χ2n) is 4.17. The Kier molecular flexibility index (Phi) is 2.62. The molecule has 1 aromatic carbocycles. The Morgan fingerprint density at radius 3 is 3.00 bits per heavy atom. The normalized spacial score (nSPS) is 13.4. The molecule has 0 saturated carbocycles. The first-order valence-electron chi connectivity index (χ1n) is 5.80. The van der Waals surface area contributed by atoms with Crippen LogP contribution in [-0.4, -0.2) is 17.4 Å². The number of pyridine rings is 1. The van der Waals surface area contributed by atoms with Crippen LogP contribution in [0.2, 0.25) is 0 Å². The largest absolute Gasteiger partial charge is 0.323 e. The molecule has 5 heteroatoms. The number of rotatable bonds is 1. The van der Waals surface area contributed by atoms with Gasteiger partial charge >= 0.3 is 0 Å². The van der Waals surface area contributed by atoms with E-state index < -0.39 is 0 Å². The number of nitrogens with zero attached hydrogens (tertiary/aromatic N) is 3. The van der Waals surface area contributed by atoms with Crippen LogP contribution >= 0.6 is 0 Å². The molecule has 1 aliphatic heterocycles. The number of aromatic nitrogens is 1. The lowest BCUT2D eigenvalue weighted by molar-refractivity contribution is -0.115. The first kappa shape index (κ1) is 11.2. The minimum atomic E-state index is -0.0946. The number of nitrogens with one attached hydrogen (secondary N) is 1. The third kappa shape index (κ3) is 2.00. The number of carbonyl (C=O) groups excluding carboxylic acids is 1. The standard InChI is InChI=1S/C14H10N4O/c15-8-10-5-6-16-13(7-10)18-9-14(19)17-11-3-1-2-4-12(11)18/h1-7H,9H2,(H,17,19). The summed E-state index contributed by atoms with van der Waals surface area (Å²) in [5.74, 6) is 0.504. The predicted molar refractivity (Wildman–Crippen MR) is 71.0 cm³/mol. The summed E-state index contributed by atoms with van der Waals surface area (Å²) in [7, 11) is 0. The van der Waals surface area contributed by atoms with Gasteiger partial charge in [0.15, 0.2) is 0 Å². The van der Waals surface area contributed by atoms with Crippen molar-refractivity contribution in [2.24, 2.45) is 0 Å². The maximum atomic E-state index is 11.7. The molecular formula is C14H10N4O. The van der Waals surface area contributed by atoms with Crippen LogP contribution in [0.4, 0.5) is 17.2 Å². The Bertz CT molecular complexity index is 690. The molecule has 1 aromatic heterocycles. The van der Waals surface area contributed by atoms with Gasteiger partial charge in [-0.1, -0.05) is 12.1 Å². The molecule has 1 aliphatic rings. The average Bonchev–Trinajstić information content (AvgIpc) is 2.46. The second-order valence-corrected chi connectivity index (χ2v) is 4.17. The van der Waals surface area contributed by atoms with E-state index in [1.807, 2.05) is 24.3 Å². The van der Waals surface area contributed by atoms with Gasteiger partial charge in [0.2, 0.25) is 5.91 Å². The molecular weight excluding hydrogens is 240 g/mol. The zero-order valence-electron chi connectivity index (χ0n) is 10.00.